The minimum absolute atomic E-state index is 0.0162. The highest BCUT2D eigenvalue weighted by atomic mass is 79.9. The van der Waals surface area contributed by atoms with E-state index in [0.29, 0.717) is 28.1 Å². The first kappa shape index (κ1) is 27.6. The molecule has 7 nitrogen and oxygen atoms in total. The molecule has 2 aromatic rings. The third-order valence-corrected chi connectivity index (χ3v) is 5.25. The fourth-order valence-corrected chi connectivity index (χ4v) is 1.90. The van der Waals surface area contributed by atoms with Crippen LogP contribution in [0.25, 0.3) is 0 Å². The van der Waals surface area contributed by atoms with E-state index in [0.717, 1.165) is 0 Å². The zero-order chi connectivity index (χ0) is 22.2. The average molecular weight is 660 g/mol. The van der Waals surface area contributed by atoms with Crippen LogP contribution in [-0.2, 0) is 14.4 Å². The fraction of sp³-hybridized carbons (Fsp3) is 0.167. The van der Waals surface area contributed by atoms with E-state index >= 15 is 0 Å². The molecule has 0 radical (unpaired) electrons. The predicted molar refractivity (Wildman–Crippen MR) is 134 cm³/mol. The van der Waals surface area contributed by atoms with Gasteiger partial charge in [-0.05, 0) is 52.3 Å². The smallest absolute Gasteiger partial charge is 0.235 e. The third-order valence-electron chi connectivity index (χ3n) is 2.69. The van der Waals surface area contributed by atoms with Crippen molar-refractivity contribution in [2.45, 2.75) is 0 Å². The number of benzene rings is 2. The Hall–Kier alpha value is -1.43. The van der Waals surface area contributed by atoms with Crippen molar-refractivity contribution >= 4 is 103 Å². The number of nitrogens with one attached hydrogen (secondary N) is 2. The van der Waals surface area contributed by atoms with Crippen LogP contribution in [0.5, 0.6) is 0 Å². The van der Waals surface area contributed by atoms with Crippen LogP contribution < -0.4 is 22.1 Å². The number of hydrogen-bond acceptors (Lipinski definition) is 5. The number of halogens is 4. The normalized spacial score (nSPS) is 9.10. The molecule has 2 aromatic carbocycles. The molecule has 0 aliphatic rings. The lowest BCUT2D eigenvalue weighted by Crippen LogP contribution is -2.14. The van der Waals surface area contributed by atoms with Gasteiger partial charge in [-0.1, -0.05) is 59.9 Å². The average Bonchev–Trinajstić information content (AvgIpc) is 2.68. The maximum absolute atomic E-state index is 11.1. The van der Waals surface area contributed by atoms with E-state index < -0.39 is 0 Å². The van der Waals surface area contributed by atoms with Gasteiger partial charge in [-0.15, -0.1) is 0 Å². The largest absolute Gasteiger partial charge is 0.399 e. The van der Waals surface area contributed by atoms with Crippen LogP contribution in [0.3, 0.4) is 0 Å². The van der Waals surface area contributed by atoms with Crippen molar-refractivity contribution in [2.75, 3.05) is 38.1 Å². The molecule has 0 saturated carbocycles. The molecule has 0 aliphatic heterocycles. The van der Waals surface area contributed by atoms with Gasteiger partial charge in [-0.2, -0.15) is 0 Å². The molecule has 11 heteroatoms. The summed E-state index contributed by atoms with van der Waals surface area (Å²) in [6.07, 6.45) is 0. The van der Waals surface area contributed by atoms with Gasteiger partial charge in [0.15, 0.2) is 0 Å². The van der Waals surface area contributed by atoms with E-state index in [-0.39, 0.29) is 27.2 Å². The summed E-state index contributed by atoms with van der Waals surface area (Å²) in [5.74, 6) is -0.270. The lowest BCUT2D eigenvalue weighted by molar-refractivity contribution is -0.114. The summed E-state index contributed by atoms with van der Waals surface area (Å²) in [7, 11) is 0. The van der Waals surface area contributed by atoms with Gasteiger partial charge in [-0.25, -0.2) is 0 Å². The Kier molecular flexibility index (Phi) is 15.6. The number of alkyl halides is 3. The molecule has 0 unspecified atom stereocenters. The van der Waals surface area contributed by atoms with E-state index in [1.165, 1.54) is 0 Å². The Bertz CT molecular complexity index is 756. The summed E-state index contributed by atoms with van der Waals surface area (Å²) < 4.78 is -0.0162. The van der Waals surface area contributed by atoms with Crippen LogP contribution in [-0.4, -0.2) is 32.5 Å². The molecule has 0 atom stereocenters. The van der Waals surface area contributed by atoms with E-state index in [9.17, 15) is 14.4 Å². The number of hydrogen-bond donors (Lipinski definition) is 4. The van der Waals surface area contributed by atoms with Gasteiger partial charge in [0, 0.05) is 22.7 Å². The second-order valence-corrected chi connectivity index (χ2v) is 7.67. The molecule has 0 spiro atoms. The van der Waals surface area contributed by atoms with Crippen LogP contribution in [0.15, 0.2) is 48.5 Å². The van der Waals surface area contributed by atoms with Crippen LogP contribution in [0, 0.1) is 0 Å². The number of amides is 2. The lowest BCUT2D eigenvalue weighted by Gasteiger charge is -2.06. The summed E-state index contributed by atoms with van der Waals surface area (Å²) in [4.78, 5) is 31.9. The van der Waals surface area contributed by atoms with Crippen molar-refractivity contribution < 1.29 is 14.4 Å². The highest BCUT2D eigenvalue weighted by Crippen LogP contribution is 2.15. The molecular weight excluding hydrogens is 640 g/mol. The predicted octanol–water partition coefficient (Wildman–Crippen LogP) is 4.51. The van der Waals surface area contributed by atoms with E-state index in [1.807, 2.05) is 6.07 Å². The SMILES string of the molecule is Nc1cccc(N)c1.O=C(Br)CBr.O=C(CBr)Nc1cccc(NC(=O)CBr)c1. The highest BCUT2D eigenvalue weighted by molar-refractivity contribution is 9.19. The number of carbonyl (C=O) groups is 3. The van der Waals surface area contributed by atoms with E-state index in [1.54, 1.807) is 42.5 Å². The van der Waals surface area contributed by atoms with Gasteiger partial charge in [0.1, 0.15) is 0 Å². The van der Waals surface area contributed by atoms with Crippen molar-refractivity contribution in [1.82, 2.24) is 0 Å². The number of rotatable bonds is 5. The molecule has 29 heavy (non-hydrogen) atoms. The van der Waals surface area contributed by atoms with Crippen molar-refractivity contribution in [1.29, 1.82) is 0 Å². The summed E-state index contributed by atoms with van der Waals surface area (Å²) in [6, 6.07) is 14.1. The van der Waals surface area contributed by atoms with Crippen molar-refractivity contribution in [3.8, 4) is 0 Å². The van der Waals surface area contributed by atoms with Crippen molar-refractivity contribution in [2.24, 2.45) is 0 Å². The second-order valence-electron chi connectivity index (χ2n) is 5.10. The quantitative estimate of drug-likeness (QED) is 0.214. The van der Waals surface area contributed by atoms with Crippen LogP contribution >= 0.6 is 63.7 Å². The summed E-state index contributed by atoms with van der Waals surface area (Å²) in [6.45, 7) is 0. The van der Waals surface area contributed by atoms with Crippen LogP contribution in [0.1, 0.15) is 0 Å². The van der Waals surface area contributed by atoms with Crippen molar-refractivity contribution in [3.63, 3.8) is 0 Å². The first-order chi connectivity index (χ1) is 13.7. The number of nitrogens with two attached hydrogens (primary N) is 2. The summed E-state index contributed by atoms with van der Waals surface area (Å²) in [5, 5.41) is 6.23. The minimum Gasteiger partial charge on any atom is -0.399 e. The molecule has 0 heterocycles. The Morgan fingerprint density at radius 1 is 0.724 bits per heavy atom. The summed E-state index contributed by atoms with van der Waals surface area (Å²) in [5.41, 5.74) is 13.5. The van der Waals surface area contributed by atoms with Crippen molar-refractivity contribution in [3.05, 3.63) is 48.5 Å². The minimum atomic E-state index is -0.135. The fourth-order valence-electron chi connectivity index (χ4n) is 1.62. The van der Waals surface area contributed by atoms with Gasteiger partial charge in [0.05, 0.1) is 16.0 Å². The topological polar surface area (TPSA) is 127 Å². The molecule has 2 rings (SSSR count). The highest BCUT2D eigenvalue weighted by Gasteiger charge is 2.02. The number of anilines is 4. The van der Waals surface area contributed by atoms with Gasteiger partial charge in [0.2, 0.25) is 16.5 Å². The monoisotopic (exact) mass is 656 g/mol. The lowest BCUT2D eigenvalue weighted by atomic mass is 10.2. The second kappa shape index (κ2) is 16.4. The molecule has 158 valence electrons. The van der Waals surface area contributed by atoms with E-state index in [2.05, 4.69) is 74.4 Å². The Morgan fingerprint density at radius 3 is 1.38 bits per heavy atom. The molecule has 0 bridgehead atoms. The molecule has 0 saturated heterocycles. The molecule has 0 fully saturated rings. The van der Waals surface area contributed by atoms with Gasteiger partial charge in [0.25, 0.3) is 0 Å². The molecule has 2 amide bonds. The summed E-state index contributed by atoms with van der Waals surface area (Å²) >= 11 is 11.7. The van der Waals surface area contributed by atoms with Crippen LogP contribution in [0.4, 0.5) is 22.7 Å². The molecular formula is C18H20Br4N4O3. The molecule has 0 aromatic heterocycles. The maximum Gasteiger partial charge on any atom is 0.235 e. The Balaban J connectivity index is 0.000000498. The third kappa shape index (κ3) is 15.1. The molecule has 6 N–H and O–H groups in total. The van der Waals surface area contributed by atoms with E-state index in [4.69, 9.17) is 11.5 Å². The van der Waals surface area contributed by atoms with Gasteiger partial charge < -0.3 is 22.1 Å². The first-order valence-corrected chi connectivity index (χ1v) is 12.0. The number of nitrogen functional groups attached to an aromatic ring is 2. The first-order valence-electron chi connectivity index (χ1n) is 7.88. The van der Waals surface area contributed by atoms with Crippen LogP contribution in [0.2, 0.25) is 0 Å². The standard InChI is InChI=1S/C10H10Br2N2O2.C6H8N2.C2H2Br2O/c11-5-9(15)13-7-2-1-3-8(4-7)14-10(16)6-12;7-5-2-1-3-6(8)4-5;3-1-2(4)5/h1-4H,5-6H2,(H,13,15)(H,14,16);1-4H,7-8H2;1H2. The van der Waals surface area contributed by atoms with Gasteiger partial charge >= 0.3 is 0 Å². The zero-order valence-electron chi connectivity index (χ0n) is 15.1. The number of carbonyl (C=O) groups excluding carboxylic acids is 3. The zero-order valence-corrected chi connectivity index (χ0v) is 21.5. The maximum atomic E-state index is 11.1. The van der Waals surface area contributed by atoms with Gasteiger partial charge in [-0.3, -0.25) is 14.4 Å². The molecule has 0 aliphatic carbocycles. The Morgan fingerprint density at radius 2 is 1.10 bits per heavy atom. The Labute approximate surface area is 202 Å².